The van der Waals surface area contributed by atoms with Crippen molar-refractivity contribution in [3.63, 3.8) is 0 Å². The van der Waals surface area contributed by atoms with Crippen molar-refractivity contribution in [2.45, 2.75) is 36.6 Å². The van der Waals surface area contributed by atoms with E-state index in [0.29, 0.717) is 6.42 Å². The summed E-state index contributed by atoms with van der Waals surface area (Å²) in [6.07, 6.45) is 2.36. The number of carboxylic acid groups (broad SMARTS) is 1. The first-order valence-electron chi connectivity index (χ1n) is 5.72. The smallest absolute Gasteiger partial charge is 0.323 e. The summed E-state index contributed by atoms with van der Waals surface area (Å²) in [5, 5.41) is 8.85. The van der Waals surface area contributed by atoms with Gasteiger partial charge in [0.15, 0.2) is 0 Å². The summed E-state index contributed by atoms with van der Waals surface area (Å²) in [5.74, 6) is 0.0768. The number of unbranched alkanes of at least 4 members (excludes halogenated alkanes) is 1. The molecule has 0 aliphatic heterocycles. The predicted molar refractivity (Wildman–Crippen MR) is 71.2 cm³/mol. The van der Waals surface area contributed by atoms with Crippen molar-refractivity contribution in [2.75, 3.05) is 5.75 Å². The zero-order chi connectivity index (χ0) is 12.7. The van der Waals surface area contributed by atoms with Gasteiger partial charge in [-0.25, -0.2) is 0 Å². The second-order valence-corrected chi connectivity index (χ2v) is 5.51. The minimum absolute atomic E-state index is 0.525. The van der Waals surface area contributed by atoms with Crippen LogP contribution < -0.4 is 5.73 Å². The summed E-state index contributed by atoms with van der Waals surface area (Å²) in [6, 6.07) is 10.2. The van der Waals surface area contributed by atoms with E-state index in [0.717, 1.165) is 18.6 Å². The molecule has 0 spiro atoms. The number of carbonyl (C=O) groups is 1. The highest BCUT2D eigenvalue weighted by atomic mass is 32.2. The van der Waals surface area contributed by atoms with Gasteiger partial charge in [0.1, 0.15) is 5.54 Å². The van der Waals surface area contributed by atoms with Gasteiger partial charge in [0, 0.05) is 4.90 Å². The highest BCUT2D eigenvalue weighted by Gasteiger charge is 2.26. The molecule has 0 aliphatic rings. The zero-order valence-corrected chi connectivity index (χ0v) is 10.9. The Morgan fingerprint density at radius 3 is 2.59 bits per heavy atom. The van der Waals surface area contributed by atoms with Gasteiger partial charge < -0.3 is 10.8 Å². The van der Waals surface area contributed by atoms with E-state index in [2.05, 4.69) is 12.1 Å². The Balaban J connectivity index is 2.15. The monoisotopic (exact) mass is 253 g/mol. The minimum Gasteiger partial charge on any atom is -0.480 e. The second kappa shape index (κ2) is 6.67. The molecule has 1 aromatic rings. The van der Waals surface area contributed by atoms with Gasteiger partial charge in [-0.2, -0.15) is 0 Å². The molecule has 0 heterocycles. The van der Waals surface area contributed by atoms with Gasteiger partial charge in [0.25, 0.3) is 0 Å². The first kappa shape index (κ1) is 14.1. The fourth-order valence-electron chi connectivity index (χ4n) is 1.41. The van der Waals surface area contributed by atoms with E-state index in [4.69, 9.17) is 10.8 Å². The average molecular weight is 253 g/mol. The second-order valence-electron chi connectivity index (χ2n) is 4.34. The maximum absolute atomic E-state index is 10.8. The largest absolute Gasteiger partial charge is 0.480 e. The summed E-state index contributed by atoms with van der Waals surface area (Å²) >= 11 is 1.79. The molecule has 0 amide bonds. The number of hydrogen-bond donors (Lipinski definition) is 2. The van der Waals surface area contributed by atoms with Crippen LogP contribution in [-0.2, 0) is 4.79 Å². The fourth-order valence-corrected chi connectivity index (χ4v) is 2.34. The quantitative estimate of drug-likeness (QED) is 0.579. The molecule has 1 atom stereocenters. The summed E-state index contributed by atoms with van der Waals surface area (Å²) in [7, 11) is 0. The average Bonchev–Trinajstić information content (AvgIpc) is 2.29. The van der Waals surface area contributed by atoms with E-state index >= 15 is 0 Å². The van der Waals surface area contributed by atoms with E-state index in [9.17, 15) is 4.79 Å². The number of nitrogens with two attached hydrogens (primary N) is 1. The Morgan fingerprint density at radius 2 is 2.00 bits per heavy atom. The highest BCUT2D eigenvalue weighted by Crippen LogP contribution is 2.20. The van der Waals surface area contributed by atoms with Gasteiger partial charge in [-0.1, -0.05) is 24.6 Å². The Labute approximate surface area is 106 Å². The molecule has 3 nitrogen and oxygen atoms in total. The van der Waals surface area contributed by atoms with Gasteiger partial charge in [0.2, 0.25) is 0 Å². The van der Waals surface area contributed by atoms with E-state index in [1.807, 2.05) is 18.2 Å². The summed E-state index contributed by atoms with van der Waals surface area (Å²) < 4.78 is 0. The third-order valence-corrected chi connectivity index (χ3v) is 3.69. The standard InChI is InChI=1S/C13H19NO2S/c1-13(14,12(15)16)9-5-6-10-17-11-7-3-2-4-8-11/h2-4,7-8H,5-6,9-10,14H2,1H3,(H,15,16). The lowest BCUT2D eigenvalue weighted by Gasteiger charge is -2.18. The molecule has 1 unspecified atom stereocenters. The number of benzene rings is 1. The molecule has 0 radical (unpaired) electrons. The first-order chi connectivity index (χ1) is 8.02. The van der Waals surface area contributed by atoms with Crippen LogP contribution in [0.15, 0.2) is 35.2 Å². The van der Waals surface area contributed by atoms with Gasteiger partial charge in [-0.3, -0.25) is 4.79 Å². The van der Waals surface area contributed by atoms with Crippen LogP contribution in [0.4, 0.5) is 0 Å². The molecular formula is C13H19NO2S. The Bertz CT molecular complexity index is 352. The molecule has 0 saturated heterocycles. The number of aliphatic carboxylic acids is 1. The third-order valence-electron chi connectivity index (χ3n) is 2.59. The van der Waals surface area contributed by atoms with Crippen LogP contribution in [0, 0.1) is 0 Å². The van der Waals surface area contributed by atoms with Crippen molar-refractivity contribution in [3.8, 4) is 0 Å². The molecule has 3 N–H and O–H groups in total. The lowest BCUT2D eigenvalue weighted by molar-refractivity contribution is -0.142. The molecule has 0 saturated carbocycles. The fraction of sp³-hybridized carbons (Fsp3) is 0.462. The lowest BCUT2D eigenvalue weighted by Crippen LogP contribution is -2.44. The summed E-state index contributed by atoms with van der Waals surface area (Å²) in [5.41, 5.74) is 4.56. The van der Waals surface area contributed by atoms with Gasteiger partial charge in [0.05, 0.1) is 0 Å². The van der Waals surface area contributed by atoms with Gasteiger partial charge in [-0.05, 0) is 37.7 Å². The van der Waals surface area contributed by atoms with Crippen LogP contribution in [0.1, 0.15) is 26.2 Å². The van der Waals surface area contributed by atoms with E-state index in [-0.39, 0.29) is 0 Å². The molecule has 0 bridgehead atoms. The van der Waals surface area contributed by atoms with E-state index in [1.165, 1.54) is 4.90 Å². The van der Waals surface area contributed by atoms with Crippen LogP contribution in [0.5, 0.6) is 0 Å². The normalized spacial score (nSPS) is 14.2. The van der Waals surface area contributed by atoms with Crippen LogP contribution in [0.25, 0.3) is 0 Å². The number of hydrogen-bond acceptors (Lipinski definition) is 3. The molecule has 0 aromatic heterocycles. The van der Waals surface area contributed by atoms with Crippen LogP contribution >= 0.6 is 11.8 Å². The maximum Gasteiger partial charge on any atom is 0.323 e. The highest BCUT2D eigenvalue weighted by molar-refractivity contribution is 7.99. The first-order valence-corrected chi connectivity index (χ1v) is 6.71. The third kappa shape index (κ3) is 5.24. The zero-order valence-electron chi connectivity index (χ0n) is 10.1. The van der Waals surface area contributed by atoms with Crippen molar-refractivity contribution >= 4 is 17.7 Å². The predicted octanol–water partition coefficient (Wildman–Crippen LogP) is 2.75. The summed E-state index contributed by atoms with van der Waals surface area (Å²) in [4.78, 5) is 12.0. The summed E-state index contributed by atoms with van der Waals surface area (Å²) in [6.45, 7) is 1.57. The van der Waals surface area contributed by atoms with Crippen LogP contribution in [0.3, 0.4) is 0 Å². The number of rotatable bonds is 7. The SMILES string of the molecule is CC(N)(CCCCSc1ccccc1)C(=O)O. The van der Waals surface area contributed by atoms with Crippen LogP contribution in [0.2, 0.25) is 0 Å². The molecule has 0 fully saturated rings. The van der Waals surface area contributed by atoms with E-state index in [1.54, 1.807) is 18.7 Å². The van der Waals surface area contributed by atoms with Crippen molar-refractivity contribution in [3.05, 3.63) is 30.3 Å². The lowest BCUT2D eigenvalue weighted by atomic mass is 9.97. The Morgan fingerprint density at radius 1 is 1.35 bits per heavy atom. The number of carboxylic acids is 1. The molecule has 94 valence electrons. The van der Waals surface area contributed by atoms with Gasteiger partial charge in [-0.15, -0.1) is 11.8 Å². The maximum atomic E-state index is 10.8. The van der Waals surface area contributed by atoms with E-state index < -0.39 is 11.5 Å². The molecule has 4 heteroatoms. The van der Waals surface area contributed by atoms with Crippen molar-refractivity contribution in [2.24, 2.45) is 5.73 Å². The van der Waals surface area contributed by atoms with Crippen molar-refractivity contribution in [1.29, 1.82) is 0 Å². The van der Waals surface area contributed by atoms with Crippen LogP contribution in [-0.4, -0.2) is 22.4 Å². The molecular weight excluding hydrogens is 234 g/mol. The van der Waals surface area contributed by atoms with Crippen molar-refractivity contribution < 1.29 is 9.90 Å². The number of thioether (sulfide) groups is 1. The molecule has 1 rings (SSSR count). The molecule has 17 heavy (non-hydrogen) atoms. The topological polar surface area (TPSA) is 63.3 Å². The molecule has 0 aliphatic carbocycles. The van der Waals surface area contributed by atoms with Crippen molar-refractivity contribution in [1.82, 2.24) is 0 Å². The Hall–Kier alpha value is -1.00. The minimum atomic E-state index is -1.09. The Kier molecular flexibility index (Phi) is 5.51. The van der Waals surface area contributed by atoms with Gasteiger partial charge >= 0.3 is 5.97 Å². The molecule has 1 aromatic carbocycles.